The van der Waals surface area contributed by atoms with Gasteiger partial charge in [-0.25, -0.2) is 0 Å². The summed E-state index contributed by atoms with van der Waals surface area (Å²) in [5.74, 6) is -1.19. The summed E-state index contributed by atoms with van der Waals surface area (Å²) in [4.78, 5) is 25.7. The molecule has 0 spiro atoms. The summed E-state index contributed by atoms with van der Waals surface area (Å²) in [6, 6.07) is 8.57. The van der Waals surface area contributed by atoms with Gasteiger partial charge in [0.1, 0.15) is 0 Å². The van der Waals surface area contributed by atoms with Crippen LogP contribution < -0.4 is 0 Å². The highest BCUT2D eigenvalue weighted by molar-refractivity contribution is 5.77. The first-order valence-electron chi connectivity index (χ1n) is 11.3. The van der Waals surface area contributed by atoms with Gasteiger partial charge in [-0.05, 0) is 55.7 Å². The van der Waals surface area contributed by atoms with E-state index in [-0.39, 0.29) is 55.8 Å². The molecular formula is C24H25F3N4O3. The number of nitriles is 1. The molecule has 0 atom stereocenters. The number of fused-ring (bicyclic) bond motifs is 1. The largest absolute Gasteiger partial charge is 0.481 e. The van der Waals surface area contributed by atoms with E-state index in [4.69, 9.17) is 10.4 Å². The molecule has 1 aromatic heterocycles. The number of aliphatic carboxylic acids is 1. The monoisotopic (exact) mass is 474 g/mol. The number of carboxylic acid groups (broad SMARTS) is 1. The van der Waals surface area contributed by atoms with Crippen molar-refractivity contribution in [3.63, 3.8) is 0 Å². The number of benzene rings is 1. The van der Waals surface area contributed by atoms with Gasteiger partial charge in [-0.1, -0.05) is 12.1 Å². The predicted octanol–water partition coefficient (Wildman–Crippen LogP) is 3.99. The fraction of sp³-hybridized carbons (Fsp3) is 0.500. The van der Waals surface area contributed by atoms with Crippen LogP contribution in [0.2, 0.25) is 0 Å². The minimum absolute atomic E-state index is 0.0536. The number of rotatable bonds is 5. The van der Waals surface area contributed by atoms with Gasteiger partial charge in [-0.15, -0.1) is 0 Å². The third-order valence-electron chi connectivity index (χ3n) is 6.83. The minimum atomic E-state index is -4.59. The average molecular weight is 474 g/mol. The second-order valence-corrected chi connectivity index (χ2v) is 9.06. The molecule has 0 radical (unpaired) electrons. The third kappa shape index (κ3) is 5.08. The number of amides is 1. The van der Waals surface area contributed by atoms with E-state index in [1.807, 2.05) is 6.07 Å². The van der Waals surface area contributed by atoms with Crippen molar-refractivity contribution in [2.24, 2.45) is 11.8 Å². The SMILES string of the molecule is N#Cc1ccc(Cn2nc(C(F)(F)F)c3c2CN(C(=O)C[C@H]2CC[C@H](C(=O)O)CC2)CC3)cc1. The lowest BCUT2D eigenvalue weighted by atomic mass is 9.80. The summed E-state index contributed by atoms with van der Waals surface area (Å²) in [5, 5.41) is 22.0. The number of carbonyl (C=O) groups excluding carboxylic acids is 1. The smallest absolute Gasteiger partial charge is 0.435 e. The molecule has 1 amide bonds. The lowest BCUT2D eigenvalue weighted by Crippen LogP contribution is -2.38. The molecule has 0 unspecified atom stereocenters. The van der Waals surface area contributed by atoms with Crippen molar-refractivity contribution in [2.75, 3.05) is 6.54 Å². The summed E-state index contributed by atoms with van der Waals surface area (Å²) < 4.78 is 42.3. The van der Waals surface area contributed by atoms with E-state index in [2.05, 4.69) is 5.10 Å². The number of carboxylic acids is 1. The van der Waals surface area contributed by atoms with Crippen molar-refractivity contribution in [3.05, 3.63) is 52.3 Å². The quantitative estimate of drug-likeness (QED) is 0.707. The molecule has 2 heterocycles. The van der Waals surface area contributed by atoms with Crippen molar-refractivity contribution >= 4 is 11.9 Å². The Kier molecular flexibility index (Phi) is 6.64. The van der Waals surface area contributed by atoms with Gasteiger partial charge >= 0.3 is 12.1 Å². The second-order valence-electron chi connectivity index (χ2n) is 9.06. The Hall–Kier alpha value is -3.35. The Labute approximate surface area is 194 Å². The molecule has 0 saturated heterocycles. The summed E-state index contributed by atoms with van der Waals surface area (Å²) in [6.45, 7) is 0.352. The Morgan fingerprint density at radius 3 is 2.41 bits per heavy atom. The number of nitrogens with zero attached hydrogens (tertiary/aromatic N) is 4. The van der Waals surface area contributed by atoms with Crippen LogP contribution in [-0.2, 0) is 35.3 Å². The first kappa shape index (κ1) is 23.8. The van der Waals surface area contributed by atoms with E-state index in [0.29, 0.717) is 42.5 Å². The van der Waals surface area contributed by atoms with Gasteiger partial charge in [0, 0.05) is 18.5 Å². The maximum Gasteiger partial charge on any atom is 0.435 e. The van der Waals surface area contributed by atoms with Crippen LogP contribution in [0, 0.1) is 23.2 Å². The number of halogens is 3. The van der Waals surface area contributed by atoms with Gasteiger partial charge in [0.15, 0.2) is 5.69 Å². The molecule has 1 aliphatic heterocycles. The molecule has 2 aromatic rings. The molecule has 7 nitrogen and oxygen atoms in total. The van der Waals surface area contributed by atoms with Crippen molar-refractivity contribution in [2.45, 2.75) is 57.8 Å². The van der Waals surface area contributed by atoms with Crippen LogP contribution in [-0.4, -0.2) is 38.2 Å². The number of hydrogen-bond acceptors (Lipinski definition) is 4. The van der Waals surface area contributed by atoms with Crippen LogP contribution in [0.3, 0.4) is 0 Å². The molecule has 1 N–H and O–H groups in total. The fourth-order valence-electron chi connectivity index (χ4n) is 4.90. The van der Waals surface area contributed by atoms with Gasteiger partial charge in [-0.3, -0.25) is 14.3 Å². The predicted molar refractivity (Wildman–Crippen MR) is 114 cm³/mol. The zero-order chi connectivity index (χ0) is 24.5. The van der Waals surface area contributed by atoms with E-state index < -0.39 is 17.8 Å². The molecule has 34 heavy (non-hydrogen) atoms. The van der Waals surface area contributed by atoms with Gasteiger partial charge < -0.3 is 10.0 Å². The summed E-state index contributed by atoms with van der Waals surface area (Å²) in [7, 11) is 0. The van der Waals surface area contributed by atoms with Gasteiger partial charge in [0.05, 0.1) is 36.3 Å². The molecule has 0 bridgehead atoms. The minimum Gasteiger partial charge on any atom is -0.481 e. The number of carbonyl (C=O) groups is 2. The Morgan fingerprint density at radius 1 is 1.15 bits per heavy atom. The van der Waals surface area contributed by atoms with Crippen LogP contribution in [0.5, 0.6) is 0 Å². The summed E-state index contributed by atoms with van der Waals surface area (Å²) in [6.07, 6.45) is -1.82. The molecule has 10 heteroatoms. The summed E-state index contributed by atoms with van der Waals surface area (Å²) >= 11 is 0. The molecule has 180 valence electrons. The van der Waals surface area contributed by atoms with Crippen LogP contribution in [0.1, 0.15) is 60.2 Å². The third-order valence-corrected chi connectivity index (χ3v) is 6.83. The molecule has 1 saturated carbocycles. The van der Waals surface area contributed by atoms with Crippen LogP contribution in [0.25, 0.3) is 0 Å². The van der Waals surface area contributed by atoms with Gasteiger partial charge in [-0.2, -0.15) is 23.5 Å². The molecule has 1 aliphatic carbocycles. The summed E-state index contributed by atoms with van der Waals surface area (Å²) in [5.41, 5.74) is 0.765. The van der Waals surface area contributed by atoms with Crippen molar-refractivity contribution in [1.29, 1.82) is 5.26 Å². The highest BCUT2D eigenvalue weighted by atomic mass is 19.4. The average Bonchev–Trinajstić information content (AvgIpc) is 3.18. The second kappa shape index (κ2) is 9.49. The van der Waals surface area contributed by atoms with Crippen LogP contribution in [0.15, 0.2) is 24.3 Å². The van der Waals surface area contributed by atoms with Crippen LogP contribution in [0.4, 0.5) is 13.2 Å². The molecular weight excluding hydrogens is 449 g/mol. The van der Waals surface area contributed by atoms with Crippen molar-refractivity contribution in [3.8, 4) is 6.07 Å². The highest BCUT2D eigenvalue weighted by Crippen LogP contribution is 2.36. The standard InChI is InChI=1S/C24H25F3N4O3/c25-24(26,27)22-19-9-10-30(21(32)11-15-5-7-18(8-6-15)23(33)34)14-20(19)31(29-22)13-17-3-1-16(12-28)2-4-17/h1-4,15,18H,5-11,13-14H2,(H,33,34)/t15-,18-. The zero-order valence-corrected chi connectivity index (χ0v) is 18.5. The normalized spacial score (nSPS) is 20.5. The number of hydrogen-bond donors (Lipinski definition) is 1. The van der Waals surface area contributed by atoms with Gasteiger partial charge in [0.2, 0.25) is 5.91 Å². The van der Waals surface area contributed by atoms with E-state index in [0.717, 1.165) is 0 Å². The molecule has 2 aliphatic rings. The van der Waals surface area contributed by atoms with E-state index in [1.165, 1.54) is 4.68 Å². The van der Waals surface area contributed by atoms with Gasteiger partial charge in [0.25, 0.3) is 0 Å². The first-order valence-corrected chi connectivity index (χ1v) is 11.3. The fourth-order valence-corrected chi connectivity index (χ4v) is 4.90. The van der Waals surface area contributed by atoms with Crippen molar-refractivity contribution < 1.29 is 27.9 Å². The lowest BCUT2D eigenvalue weighted by Gasteiger charge is -2.31. The maximum absolute atomic E-state index is 13.6. The topological polar surface area (TPSA) is 99.2 Å². The first-order chi connectivity index (χ1) is 16.2. The van der Waals surface area contributed by atoms with E-state index >= 15 is 0 Å². The maximum atomic E-state index is 13.6. The zero-order valence-electron chi connectivity index (χ0n) is 18.5. The highest BCUT2D eigenvalue weighted by Gasteiger charge is 2.41. The lowest BCUT2D eigenvalue weighted by molar-refractivity contribution is -0.143. The van der Waals surface area contributed by atoms with E-state index in [9.17, 15) is 22.8 Å². The molecule has 1 aromatic carbocycles. The number of alkyl halides is 3. The number of aromatic nitrogens is 2. The van der Waals surface area contributed by atoms with Crippen molar-refractivity contribution in [1.82, 2.24) is 14.7 Å². The molecule has 1 fully saturated rings. The van der Waals surface area contributed by atoms with E-state index in [1.54, 1.807) is 29.2 Å². The van der Waals surface area contributed by atoms with Crippen LogP contribution >= 0.6 is 0 Å². The Morgan fingerprint density at radius 2 is 1.82 bits per heavy atom. The Bertz CT molecular complexity index is 1110. The Balaban J connectivity index is 1.50. The molecule has 4 rings (SSSR count).